The van der Waals surface area contributed by atoms with Crippen LogP contribution in [0.5, 0.6) is 11.5 Å². The third-order valence-corrected chi connectivity index (χ3v) is 7.13. The minimum atomic E-state index is -4.49. The van der Waals surface area contributed by atoms with Crippen LogP contribution in [0, 0.1) is 0 Å². The molecule has 0 atom stereocenters. The number of nitrogens with one attached hydrogen (secondary N) is 1. The second-order valence-corrected chi connectivity index (χ2v) is 10.6. The number of hydrogen-bond acceptors (Lipinski definition) is 7. The van der Waals surface area contributed by atoms with Crippen LogP contribution in [0.4, 0.5) is 17.1 Å². The Kier molecular flexibility index (Phi) is 8.41. The lowest BCUT2D eigenvalue weighted by atomic mass is 10.0. The van der Waals surface area contributed by atoms with Crippen molar-refractivity contribution in [2.45, 2.75) is 25.2 Å². The van der Waals surface area contributed by atoms with Crippen molar-refractivity contribution in [1.29, 1.82) is 0 Å². The van der Waals surface area contributed by atoms with E-state index in [2.05, 4.69) is 15.5 Å². The molecule has 0 saturated carbocycles. The fraction of sp³-hybridized carbons (Fsp3) is 0.148. The summed E-state index contributed by atoms with van der Waals surface area (Å²) in [5.41, 5.74) is 0.871. The van der Waals surface area contributed by atoms with Crippen LogP contribution in [-0.2, 0) is 16.5 Å². The van der Waals surface area contributed by atoms with Gasteiger partial charge >= 0.3 is 0 Å². The third kappa shape index (κ3) is 6.15. The number of carbonyl (C=O) groups is 1. The van der Waals surface area contributed by atoms with E-state index >= 15 is 0 Å². The number of aromatic hydroxyl groups is 1. The number of phenols is 1. The highest BCUT2D eigenvalue weighted by molar-refractivity contribution is 7.85. The zero-order valence-corrected chi connectivity index (χ0v) is 23.1. The van der Waals surface area contributed by atoms with Gasteiger partial charge in [-0.15, -0.1) is 10.2 Å². The summed E-state index contributed by atoms with van der Waals surface area (Å²) >= 11 is 12.3. The number of carbonyl (C=O) groups excluding carboxylic acids is 1. The van der Waals surface area contributed by atoms with Gasteiger partial charge < -0.3 is 15.2 Å². The van der Waals surface area contributed by atoms with Crippen molar-refractivity contribution in [3.8, 4) is 11.5 Å². The van der Waals surface area contributed by atoms with Crippen molar-refractivity contribution in [1.82, 2.24) is 0 Å². The molecule has 4 rings (SSSR count). The van der Waals surface area contributed by atoms with Crippen molar-refractivity contribution in [2.24, 2.45) is 10.2 Å². The van der Waals surface area contributed by atoms with E-state index in [-0.39, 0.29) is 26.9 Å². The number of ether oxygens (including phenoxy) is 1. The first-order valence-corrected chi connectivity index (χ1v) is 13.9. The highest BCUT2D eigenvalue weighted by Crippen LogP contribution is 2.41. The molecule has 3 N–H and O–H groups in total. The predicted octanol–water partition coefficient (Wildman–Crippen LogP) is 7.73. The van der Waals surface area contributed by atoms with Crippen molar-refractivity contribution in [3.63, 3.8) is 0 Å². The summed E-state index contributed by atoms with van der Waals surface area (Å²) in [5.74, 6) is -0.679. The van der Waals surface area contributed by atoms with Crippen LogP contribution in [0.2, 0.25) is 10.0 Å². The molecule has 4 aromatic carbocycles. The molecular weight excluding hydrogens is 565 g/mol. The first-order valence-electron chi connectivity index (χ1n) is 11.7. The van der Waals surface area contributed by atoms with E-state index in [0.717, 1.165) is 6.07 Å². The zero-order chi connectivity index (χ0) is 28.3. The highest BCUT2D eigenvalue weighted by atomic mass is 35.5. The number of rotatable bonds is 8. The van der Waals surface area contributed by atoms with Gasteiger partial charge in [-0.25, -0.2) is 0 Å². The minimum Gasteiger partial charge on any atom is -0.505 e. The molecule has 0 saturated heterocycles. The minimum absolute atomic E-state index is 0.0105. The molecule has 0 bridgehead atoms. The van der Waals surface area contributed by atoms with E-state index < -0.39 is 21.8 Å². The van der Waals surface area contributed by atoms with Crippen LogP contribution in [0.3, 0.4) is 0 Å². The summed E-state index contributed by atoms with van der Waals surface area (Å²) in [5, 5.41) is 23.8. The Hall–Kier alpha value is -3.70. The average Bonchev–Trinajstić information content (AvgIpc) is 2.89. The van der Waals surface area contributed by atoms with E-state index in [0.29, 0.717) is 45.8 Å². The summed E-state index contributed by atoms with van der Waals surface area (Å²) in [6.45, 7) is 3.90. The smallest absolute Gasteiger partial charge is 0.294 e. The molecule has 0 aliphatic heterocycles. The molecule has 0 aliphatic carbocycles. The molecule has 12 heteroatoms. The van der Waals surface area contributed by atoms with E-state index in [9.17, 15) is 22.9 Å². The molecular formula is C27H23Cl2N3O6S. The fourth-order valence-electron chi connectivity index (χ4n) is 3.91. The first-order chi connectivity index (χ1) is 18.5. The van der Waals surface area contributed by atoms with Gasteiger partial charge in [0.1, 0.15) is 17.1 Å². The van der Waals surface area contributed by atoms with Crippen LogP contribution in [0.25, 0.3) is 10.8 Å². The molecule has 0 aliphatic rings. The lowest BCUT2D eigenvalue weighted by Crippen LogP contribution is -2.13. The van der Waals surface area contributed by atoms with E-state index in [1.54, 1.807) is 56.3 Å². The standard InChI is InChI=1S/C27H23Cl2N3O6S/c1-3-15-11-18(39(35,36)37)14-21(29)24(15)31-32-25-19-8-6-5-7-16(19)12-20(26(25)33)27(34)30-22-10-9-17(28)13-23(22)38-4-2/h5-14,33H,3-4H2,1-2H3,(H,30,34)(H,35,36,37). The molecule has 202 valence electrons. The number of hydrogen-bond donors (Lipinski definition) is 3. The van der Waals surface area contributed by atoms with Gasteiger partial charge in [0.25, 0.3) is 16.0 Å². The number of anilines is 1. The second kappa shape index (κ2) is 11.6. The number of aryl methyl sites for hydroxylation is 1. The Morgan fingerprint density at radius 2 is 1.72 bits per heavy atom. The Bertz CT molecular complexity index is 1720. The molecule has 0 spiro atoms. The lowest BCUT2D eigenvalue weighted by Gasteiger charge is -2.14. The normalized spacial score (nSPS) is 11.7. The van der Waals surface area contributed by atoms with Crippen molar-refractivity contribution >= 4 is 67.1 Å². The molecule has 0 aromatic heterocycles. The largest absolute Gasteiger partial charge is 0.505 e. The van der Waals surface area contributed by atoms with Crippen molar-refractivity contribution < 1.29 is 27.6 Å². The molecule has 0 radical (unpaired) electrons. The molecule has 0 heterocycles. The van der Waals surface area contributed by atoms with Crippen LogP contribution in [-0.4, -0.2) is 30.6 Å². The maximum absolute atomic E-state index is 13.3. The number of halogens is 2. The third-order valence-electron chi connectivity index (χ3n) is 5.78. The van der Waals surface area contributed by atoms with E-state index in [4.69, 9.17) is 27.9 Å². The first kappa shape index (κ1) is 28.3. The van der Waals surface area contributed by atoms with Crippen LogP contribution >= 0.6 is 23.2 Å². The maximum Gasteiger partial charge on any atom is 0.294 e. The Morgan fingerprint density at radius 3 is 2.41 bits per heavy atom. The predicted molar refractivity (Wildman–Crippen MR) is 151 cm³/mol. The highest BCUT2D eigenvalue weighted by Gasteiger charge is 2.21. The molecule has 9 nitrogen and oxygen atoms in total. The van der Waals surface area contributed by atoms with Gasteiger partial charge in [0.2, 0.25) is 0 Å². The molecule has 1 amide bonds. The number of azo groups is 1. The molecule has 0 fully saturated rings. The average molecular weight is 588 g/mol. The Morgan fingerprint density at radius 1 is 1.00 bits per heavy atom. The van der Waals surface area contributed by atoms with Gasteiger partial charge in [-0.05, 0) is 54.6 Å². The summed E-state index contributed by atoms with van der Waals surface area (Å²) in [4.78, 5) is 12.9. The van der Waals surface area contributed by atoms with Gasteiger partial charge in [-0.1, -0.05) is 54.4 Å². The number of nitrogens with zero attached hydrogens (tertiary/aromatic N) is 2. The zero-order valence-electron chi connectivity index (χ0n) is 20.8. The van der Waals surface area contributed by atoms with Crippen molar-refractivity contribution in [3.05, 3.63) is 81.8 Å². The van der Waals surface area contributed by atoms with Crippen molar-refractivity contribution in [2.75, 3.05) is 11.9 Å². The Balaban J connectivity index is 1.81. The van der Waals surface area contributed by atoms with Crippen LogP contribution in [0.1, 0.15) is 29.8 Å². The maximum atomic E-state index is 13.3. The quantitative estimate of drug-likeness (QED) is 0.142. The number of amides is 1. The monoisotopic (exact) mass is 587 g/mol. The van der Waals surface area contributed by atoms with Crippen LogP contribution in [0.15, 0.2) is 75.8 Å². The second-order valence-electron chi connectivity index (χ2n) is 8.31. The topological polar surface area (TPSA) is 138 Å². The summed E-state index contributed by atoms with van der Waals surface area (Å²) in [6.07, 6.45) is 0.329. The van der Waals surface area contributed by atoms with Crippen LogP contribution < -0.4 is 10.1 Å². The lowest BCUT2D eigenvalue weighted by molar-refractivity contribution is 0.102. The van der Waals surface area contributed by atoms with E-state index in [1.807, 2.05) is 0 Å². The number of fused-ring (bicyclic) bond motifs is 1. The van der Waals surface area contributed by atoms with Gasteiger partial charge in [-0.2, -0.15) is 8.42 Å². The van der Waals surface area contributed by atoms with Gasteiger partial charge in [0, 0.05) is 16.5 Å². The molecule has 0 unspecified atom stereocenters. The van der Waals surface area contributed by atoms with Gasteiger partial charge in [0.15, 0.2) is 5.75 Å². The summed E-state index contributed by atoms with van der Waals surface area (Å²) in [6, 6.07) is 15.6. The SMILES string of the molecule is CCOc1cc(Cl)ccc1NC(=O)c1cc2ccccc2c(N=Nc2c(Cl)cc(S(=O)(=O)O)cc2CC)c1O. The fourth-order valence-corrected chi connectivity index (χ4v) is 4.98. The number of phenolic OH excluding ortho intramolecular Hbond substituents is 1. The summed E-state index contributed by atoms with van der Waals surface area (Å²) in [7, 11) is -4.49. The van der Waals surface area contributed by atoms with Gasteiger partial charge in [0.05, 0.1) is 27.8 Å². The molecule has 39 heavy (non-hydrogen) atoms. The molecule has 4 aromatic rings. The number of benzene rings is 4. The van der Waals surface area contributed by atoms with Gasteiger partial charge in [-0.3, -0.25) is 9.35 Å². The van der Waals surface area contributed by atoms with E-state index in [1.165, 1.54) is 12.1 Å². The Labute approximate surface area is 234 Å². The summed E-state index contributed by atoms with van der Waals surface area (Å²) < 4.78 is 38.2.